The van der Waals surface area contributed by atoms with Crippen molar-refractivity contribution in [3.05, 3.63) is 94.2 Å². The summed E-state index contributed by atoms with van der Waals surface area (Å²) in [6, 6.07) is 8.31. The summed E-state index contributed by atoms with van der Waals surface area (Å²) in [7, 11) is 0. The van der Waals surface area contributed by atoms with Crippen LogP contribution in [-0.2, 0) is 38.4 Å². The molecule has 0 N–H and O–H groups in total. The van der Waals surface area contributed by atoms with Crippen LogP contribution in [0.2, 0.25) is 0 Å². The van der Waals surface area contributed by atoms with E-state index in [-0.39, 0.29) is 19.5 Å². The van der Waals surface area contributed by atoms with Crippen molar-refractivity contribution in [2.75, 3.05) is 52.9 Å². The maximum Gasteiger partial charge on any atom is 2.00 e. The summed E-state index contributed by atoms with van der Waals surface area (Å²) in [5, 5.41) is 1.51. The number of aromatic nitrogens is 8. The third-order valence-corrected chi connectivity index (χ3v) is 22.3. The average molecular weight is 1610 g/mol. The molecule has 8 bridgehead atoms. The molecule has 2 aliphatic carbocycles. The van der Waals surface area contributed by atoms with Crippen LogP contribution in [0, 0.1) is 0 Å². The van der Waals surface area contributed by atoms with Crippen LogP contribution in [0.1, 0.15) is 387 Å². The van der Waals surface area contributed by atoms with Gasteiger partial charge < -0.3 is 67.8 Å². The van der Waals surface area contributed by atoms with E-state index >= 15 is 0 Å². The fourth-order valence-corrected chi connectivity index (χ4v) is 15.4. The van der Waals surface area contributed by atoms with Gasteiger partial charge in [0.05, 0.1) is 81.7 Å². The van der Waals surface area contributed by atoms with Crippen molar-refractivity contribution in [2.24, 2.45) is 0 Å². The fraction of sp³-hybridized carbons (Fsp3) is 0.688. The topological polar surface area (TPSA) is 179 Å². The van der Waals surface area contributed by atoms with Crippen LogP contribution in [0.25, 0.3) is 56.0 Å². The largest absolute Gasteiger partial charge is 2.00 e. The van der Waals surface area contributed by atoms with Crippen LogP contribution in [-0.4, -0.2) is 82.8 Å². The SMILES string of the molecule is CCCCCCCCOC1=CC2=c3nc(nc4[n-]c(nc5nc(nc6[n-]c(n3)c3cc(OCCCCCCCC)c(OCCCCCCCC)cc63)-c3cc(OCCCCCCCC)c(OCCCCCCCC)cc3-5)=C3C=C(OCCCCCCCC)C(OCCCCCCCC)=CC34)C2C=C1OCCCCCCCC.[Zn+2]. The fourth-order valence-electron chi connectivity index (χ4n) is 15.4. The third kappa shape index (κ3) is 30.2. The van der Waals surface area contributed by atoms with Gasteiger partial charge in [0.25, 0.3) is 0 Å². The van der Waals surface area contributed by atoms with Gasteiger partial charge in [0, 0.05) is 39.6 Å². The molecule has 17 heteroatoms. The van der Waals surface area contributed by atoms with E-state index in [0.717, 1.165) is 136 Å². The molecule has 0 saturated carbocycles. The number of fused-ring (bicyclic) bond motifs is 18. The number of allylic oxidation sites excluding steroid dienone is 4. The molecule has 0 radical (unpaired) electrons. The molecule has 5 heterocycles. The Hall–Kier alpha value is -6.48. The Kier molecular flexibility index (Phi) is 44.3. The quantitative estimate of drug-likeness (QED) is 0.0265. The zero-order chi connectivity index (χ0) is 78.4. The number of hydrogen-bond donors (Lipinski definition) is 0. The first kappa shape index (κ1) is 92.0. The summed E-state index contributed by atoms with van der Waals surface area (Å²) < 4.78 is 55.2. The van der Waals surface area contributed by atoms with Crippen molar-refractivity contribution in [3.8, 4) is 45.8 Å². The molecule has 4 aromatic rings. The maximum absolute atomic E-state index is 6.91. The zero-order valence-electron chi connectivity index (χ0n) is 71.9. The number of hydrogen-bond acceptors (Lipinski definition) is 14. The monoisotopic (exact) mass is 1600 g/mol. The number of nitrogens with zero attached hydrogens (tertiary/aromatic N) is 8. The predicted molar refractivity (Wildman–Crippen MR) is 460 cm³/mol. The van der Waals surface area contributed by atoms with Gasteiger partial charge in [-0.25, -0.2) is 9.97 Å². The Balaban J connectivity index is 0.0000160. The Morgan fingerprint density at radius 2 is 0.575 bits per heavy atom. The van der Waals surface area contributed by atoms with Gasteiger partial charge >= 0.3 is 19.5 Å². The molecule has 2 aromatic carbocycles. The average Bonchev–Trinajstić information content (AvgIpc) is 1.62. The minimum Gasteiger partial charge on any atom is -0.490 e. The predicted octanol–water partition coefficient (Wildman–Crippen LogP) is 25.3. The van der Waals surface area contributed by atoms with Gasteiger partial charge in [-0.15, -0.1) is 0 Å². The molecule has 2 atom stereocenters. The van der Waals surface area contributed by atoms with Crippen LogP contribution in [0.5, 0.6) is 23.0 Å². The molecule has 0 spiro atoms. The molecule has 113 heavy (non-hydrogen) atoms. The van der Waals surface area contributed by atoms with E-state index in [2.05, 4.69) is 104 Å². The molecule has 3 aliphatic heterocycles. The summed E-state index contributed by atoms with van der Waals surface area (Å²) in [5.74, 6) is 6.32. The van der Waals surface area contributed by atoms with E-state index in [1.165, 1.54) is 205 Å². The molecule has 2 aromatic heterocycles. The first-order valence-corrected chi connectivity index (χ1v) is 46.0. The van der Waals surface area contributed by atoms with E-state index in [4.69, 9.17) is 77.8 Å². The second-order valence-electron chi connectivity index (χ2n) is 32.1. The summed E-state index contributed by atoms with van der Waals surface area (Å²) in [6.45, 7) is 22.6. The van der Waals surface area contributed by atoms with Gasteiger partial charge in [-0.1, -0.05) is 312 Å². The maximum atomic E-state index is 6.91. The first-order chi connectivity index (χ1) is 55.3. The van der Waals surface area contributed by atoms with Crippen LogP contribution in [0.3, 0.4) is 0 Å². The Morgan fingerprint density at radius 3 is 0.947 bits per heavy atom. The number of ether oxygens (including phenoxy) is 8. The number of rotatable bonds is 64. The van der Waals surface area contributed by atoms with E-state index in [9.17, 15) is 0 Å². The van der Waals surface area contributed by atoms with Gasteiger partial charge in [-0.3, -0.25) is 0 Å². The molecule has 0 saturated heterocycles. The molecule has 0 amide bonds. The Labute approximate surface area is 694 Å². The Morgan fingerprint density at radius 1 is 0.274 bits per heavy atom. The van der Waals surface area contributed by atoms with Gasteiger partial charge in [-0.05, 0) is 122 Å². The second-order valence-corrected chi connectivity index (χ2v) is 32.1. The molecule has 620 valence electrons. The summed E-state index contributed by atoms with van der Waals surface area (Å²) in [5.41, 5.74) is 4.98. The van der Waals surface area contributed by atoms with Crippen molar-refractivity contribution in [3.63, 3.8) is 0 Å². The van der Waals surface area contributed by atoms with Crippen LogP contribution in [0.4, 0.5) is 0 Å². The molecule has 2 unspecified atom stereocenters. The number of unbranched alkanes of at least 4 members (excludes halogenated alkanes) is 40. The normalized spacial score (nSPS) is 14.5. The summed E-state index contributed by atoms with van der Waals surface area (Å²) >= 11 is 0. The first-order valence-electron chi connectivity index (χ1n) is 46.0. The van der Waals surface area contributed by atoms with Crippen LogP contribution >= 0.6 is 0 Å². The minimum atomic E-state index is -0.482. The minimum absolute atomic E-state index is 0. The molecule has 9 rings (SSSR count). The van der Waals surface area contributed by atoms with E-state index in [1.54, 1.807) is 0 Å². The van der Waals surface area contributed by atoms with Crippen molar-refractivity contribution in [1.82, 2.24) is 39.9 Å². The molecule has 5 aliphatic rings. The zero-order valence-corrected chi connectivity index (χ0v) is 74.9. The van der Waals surface area contributed by atoms with Crippen molar-refractivity contribution in [2.45, 2.75) is 375 Å². The summed E-state index contributed by atoms with van der Waals surface area (Å²) in [6.07, 6.45) is 63.6. The van der Waals surface area contributed by atoms with Crippen molar-refractivity contribution >= 4 is 33.2 Å². The van der Waals surface area contributed by atoms with E-state index < -0.39 is 11.8 Å². The van der Waals surface area contributed by atoms with E-state index in [0.29, 0.717) is 144 Å². The molecular formula is C96H146N8O8Zn. The molecule has 16 nitrogen and oxygen atoms in total. The third-order valence-electron chi connectivity index (χ3n) is 22.3. The van der Waals surface area contributed by atoms with Crippen LogP contribution in [0.15, 0.2) is 71.6 Å². The standard InChI is InChI=1S/C96H146N8O8.Zn/c1-9-17-25-33-41-49-57-105-81-65-73-74(66-82(81)106-58-50-42-34-26-18-10-2)90-97-89(73)101-91-75-67-83(107-59-51-43-35-27-19-11-3)84(108-60-52-44-36-28-20-12-4)68-76(75)93(98-91)103-95-79-71-87(111-63-55-47-39-31-23-15-7)88(112-64-56-48-40-32-24-16-8)72-80(79)96(100-95)104-94-78-70-86(110-62-54-46-38-30-22-14-6)85(69-77(78)92(99-94)102-90)109-61-53-45-37-29-21-13-5;/h65-73,75H,9-64H2,1-8H3;/q-2;+2. The second kappa shape index (κ2) is 54.4. The van der Waals surface area contributed by atoms with Gasteiger partial charge in [0.15, 0.2) is 46.0 Å². The van der Waals surface area contributed by atoms with Crippen molar-refractivity contribution in [1.29, 1.82) is 0 Å². The summed E-state index contributed by atoms with van der Waals surface area (Å²) in [4.78, 5) is 44.8. The number of benzene rings is 2. The molecule has 0 fully saturated rings. The Bertz CT molecular complexity index is 3890. The van der Waals surface area contributed by atoms with E-state index in [1.807, 2.05) is 0 Å². The van der Waals surface area contributed by atoms with Gasteiger partial charge in [0.2, 0.25) is 0 Å². The van der Waals surface area contributed by atoms with Crippen LogP contribution < -0.4 is 39.9 Å². The van der Waals surface area contributed by atoms with Gasteiger partial charge in [0.1, 0.15) is 0 Å². The van der Waals surface area contributed by atoms with Gasteiger partial charge in [-0.2, -0.15) is 0 Å². The smallest absolute Gasteiger partial charge is 0.490 e. The van der Waals surface area contributed by atoms with Crippen molar-refractivity contribution < 1.29 is 57.4 Å². The molecular weight excluding hydrogens is 1460 g/mol.